The Hall–Kier alpha value is -1.97. The molecule has 28 heavy (non-hydrogen) atoms. The number of rotatable bonds is 4. The van der Waals surface area contributed by atoms with Crippen LogP contribution in [0.15, 0.2) is 18.2 Å². The Morgan fingerprint density at radius 3 is 2.68 bits per heavy atom. The van der Waals surface area contributed by atoms with Crippen molar-refractivity contribution in [2.24, 2.45) is 0 Å². The van der Waals surface area contributed by atoms with Gasteiger partial charge in [-0.3, -0.25) is 4.90 Å². The zero-order valence-corrected chi connectivity index (χ0v) is 16.6. The van der Waals surface area contributed by atoms with E-state index < -0.39 is 11.9 Å². The Morgan fingerprint density at radius 2 is 2.04 bits per heavy atom. The maximum atomic E-state index is 14.8. The van der Waals surface area contributed by atoms with Gasteiger partial charge in [0.2, 0.25) is 0 Å². The van der Waals surface area contributed by atoms with Gasteiger partial charge in [0.1, 0.15) is 11.9 Å². The molecule has 152 valence electrons. The molecule has 3 aliphatic rings. The van der Waals surface area contributed by atoms with Gasteiger partial charge in [0.15, 0.2) is 5.79 Å². The van der Waals surface area contributed by atoms with Crippen molar-refractivity contribution in [3.63, 3.8) is 0 Å². The van der Waals surface area contributed by atoms with Crippen molar-refractivity contribution >= 4 is 34.7 Å². The van der Waals surface area contributed by atoms with E-state index in [0.717, 1.165) is 0 Å². The number of ether oxygens (including phenoxy) is 3. The van der Waals surface area contributed by atoms with E-state index in [2.05, 4.69) is 5.32 Å². The summed E-state index contributed by atoms with van der Waals surface area (Å²) >= 11 is 4.97. The highest BCUT2D eigenvalue weighted by molar-refractivity contribution is 7.80. The summed E-state index contributed by atoms with van der Waals surface area (Å²) in [5.41, 5.74) is 1.02. The summed E-state index contributed by atoms with van der Waals surface area (Å²) in [5, 5.41) is 2.99. The van der Waals surface area contributed by atoms with Crippen LogP contribution in [0.4, 0.5) is 20.6 Å². The second-order valence-electron chi connectivity index (χ2n) is 7.28. The van der Waals surface area contributed by atoms with Gasteiger partial charge in [-0.2, -0.15) is 0 Å². The number of amides is 1. The Balaban J connectivity index is 1.41. The lowest BCUT2D eigenvalue weighted by Gasteiger charge is -2.38. The number of cyclic esters (lactones) is 1. The molecule has 9 heteroatoms. The van der Waals surface area contributed by atoms with Crippen molar-refractivity contribution in [1.82, 2.24) is 5.32 Å². The fourth-order valence-electron chi connectivity index (χ4n) is 3.89. The standard InChI is InChI=1S/C19H24FN3O4S/c1-13(28)21-11-15-12-23(18(24)27-15)14-2-3-17(16(20)10-14)22-6-4-19(5-7-22)25-8-9-26-19/h2-3,10,15H,4-9,11-12H2,1H3,(H,21,28)/t15-/m0/s1. The molecule has 3 fully saturated rings. The molecule has 4 rings (SSSR count). The zero-order chi connectivity index (χ0) is 19.7. The molecular weight excluding hydrogens is 385 g/mol. The van der Waals surface area contributed by atoms with Crippen molar-refractivity contribution in [3.8, 4) is 0 Å². The summed E-state index contributed by atoms with van der Waals surface area (Å²) in [4.78, 5) is 16.2. The number of nitrogens with zero attached hydrogens (tertiary/aromatic N) is 2. The number of anilines is 2. The number of hydrogen-bond acceptors (Lipinski definition) is 6. The lowest BCUT2D eigenvalue weighted by Crippen LogP contribution is -2.45. The molecule has 3 saturated heterocycles. The SMILES string of the molecule is CC(=S)NC[C@H]1CN(c2ccc(N3CCC4(CC3)OCCO4)c(F)c2)C(=O)O1. The summed E-state index contributed by atoms with van der Waals surface area (Å²) in [7, 11) is 0. The van der Waals surface area contributed by atoms with E-state index in [-0.39, 0.29) is 11.9 Å². The molecule has 0 bridgehead atoms. The summed E-state index contributed by atoms with van der Waals surface area (Å²) in [6.07, 6.45) is 0.621. The van der Waals surface area contributed by atoms with E-state index >= 15 is 0 Å². The second-order valence-corrected chi connectivity index (χ2v) is 7.90. The molecule has 1 atom stereocenters. The minimum absolute atomic E-state index is 0.321. The maximum absolute atomic E-state index is 14.8. The van der Waals surface area contributed by atoms with E-state index in [1.54, 1.807) is 19.1 Å². The third-order valence-electron chi connectivity index (χ3n) is 5.38. The van der Waals surface area contributed by atoms with Crippen molar-refractivity contribution in [3.05, 3.63) is 24.0 Å². The lowest BCUT2D eigenvalue weighted by atomic mass is 10.0. The molecule has 3 aliphatic heterocycles. The van der Waals surface area contributed by atoms with Crippen LogP contribution in [0.2, 0.25) is 0 Å². The number of carbonyl (C=O) groups excluding carboxylic acids is 1. The van der Waals surface area contributed by atoms with E-state index in [0.29, 0.717) is 68.6 Å². The van der Waals surface area contributed by atoms with Crippen LogP contribution in [0, 0.1) is 5.82 Å². The molecule has 3 heterocycles. The van der Waals surface area contributed by atoms with Crippen molar-refractivity contribution in [2.45, 2.75) is 31.7 Å². The van der Waals surface area contributed by atoms with Crippen LogP contribution in [0.1, 0.15) is 19.8 Å². The van der Waals surface area contributed by atoms with E-state index in [4.69, 9.17) is 26.4 Å². The van der Waals surface area contributed by atoms with Crippen molar-refractivity contribution in [1.29, 1.82) is 0 Å². The van der Waals surface area contributed by atoms with E-state index in [1.165, 1.54) is 11.0 Å². The maximum Gasteiger partial charge on any atom is 0.414 e. The fourth-order valence-corrected chi connectivity index (χ4v) is 3.97. The van der Waals surface area contributed by atoms with Gasteiger partial charge in [-0.25, -0.2) is 9.18 Å². The van der Waals surface area contributed by atoms with Crippen LogP contribution in [0.5, 0.6) is 0 Å². The monoisotopic (exact) mass is 409 g/mol. The quantitative estimate of drug-likeness (QED) is 0.767. The molecule has 1 aromatic rings. The molecule has 0 saturated carbocycles. The topological polar surface area (TPSA) is 63.3 Å². The number of carbonyl (C=O) groups is 1. The second kappa shape index (κ2) is 7.81. The predicted octanol–water partition coefficient (Wildman–Crippen LogP) is 2.43. The van der Waals surface area contributed by atoms with Crippen LogP contribution < -0.4 is 15.1 Å². The third kappa shape index (κ3) is 3.92. The summed E-state index contributed by atoms with van der Waals surface area (Å²) in [6, 6.07) is 4.87. The number of halogens is 1. The average molecular weight is 409 g/mol. The third-order valence-corrected chi connectivity index (χ3v) is 5.52. The molecule has 0 aliphatic carbocycles. The molecule has 1 spiro atoms. The molecule has 1 amide bonds. The van der Waals surface area contributed by atoms with Crippen LogP contribution >= 0.6 is 12.2 Å². The van der Waals surface area contributed by atoms with Crippen LogP contribution in [-0.2, 0) is 14.2 Å². The van der Waals surface area contributed by atoms with Gasteiger partial charge < -0.3 is 24.4 Å². The molecule has 0 aromatic heterocycles. The van der Waals surface area contributed by atoms with Gasteiger partial charge in [-0.1, -0.05) is 12.2 Å². The Kier molecular flexibility index (Phi) is 5.39. The summed E-state index contributed by atoms with van der Waals surface area (Å²) < 4.78 is 31.6. The molecule has 0 unspecified atom stereocenters. The largest absolute Gasteiger partial charge is 0.442 e. The Morgan fingerprint density at radius 1 is 1.32 bits per heavy atom. The summed E-state index contributed by atoms with van der Waals surface area (Å²) in [6.45, 7) is 5.13. The normalized spacial score (nSPS) is 23.9. The highest BCUT2D eigenvalue weighted by atomic mass is 32.1. The number of benzene rings is 1. The molecule has 1 N–H and O–H groups in total. The fraction of sp³-hybridized carbons (Fsp3) is 0.579. The smallest absolute Gasteiger partial charge is 0.414 e. The first-order valence-electron chi connectivity index (χ1n) is 9.51. The van der Waals surface area contributed by atoms with Crippen LogP contribution in [0.25, 0.3) is 0 Å². The summed E-state index contributed by atoms with van der Waals surface area (Å²) in [5.74, 6) is -0.846. The molecular formula is C19H24FN3O4S. The minimum Gasteiger partial charge on any atom is -0.442 e. The molecule has 1 aromatic carbocycles. The van der Waals surface area contributed by atoms with Crippen molar-refractivity contribution < 1.29 is 23.4 Å². The molecule has 0 radical (unpaired) electrons. The van der Waals surface area contributed by atoms with Crippen LogP contribution in [-0.4, -0.2) is 62.4 Å². The highest BCUT2D eigenvalue weighted by Gasteiger charge is 2.40. The number of thiocarbonyl (C=S) groups is 1. The van der Waals surface area contributed by atoms with Crippen LogP contribution in [0.3, 0.4) is 0 Å². The first kappa shape index (κ1) is 19.4. The van der Waals surface area contributed by atoms with Gasteiger partial charge in [0.25, 0.3) is 0 Å². The highest BCUT2D eigenvalue weighted by Crippen LogP contribution is 2.35. The van der Waals surface area contributed by atoms with E-state index in [1.807, 2.05) is 4.90 Å². The van der Waals surface area contributed by atoms with Gasteiger partial charge in [0, 0.05) is 25.9 Å². The number of nitrogens with one attached hydrogen (secondary N) is 1. The van der Waals surface area contributed by atoms with Gasteiger partial charge in [0.05, 0.1) is 42.7 Å². The lowest BCUT2D eigenvalue weighted by molar-refractivity contribution is -0.169. The first-order chi connectivity index (χ1) is 13.5. The minimum atomic E-state index is -0.490. The molecule has 7 nitrogen and oxygen atoms in total. The Labute approximate surface area is 168 Å². The van der Waals surface area contributed by atoms with Gasteiger partial charge in [-0.15, -0.1) is 0 Å². The average Bonchev–Trinajstić information content (AvgIpc) is 3.28. The van der Waals surface area contributed by atoms with Crippen molar-refractivity contribution in [2.75, 3.05) is 49.2 Å². The first-order valence-corrected chi connectivity index (χ1v) is 9.92. The Bertz CT molecular complexity index is 762. The number of hydrogen-bond donors (Lipinski definition) is 1. The van der Waals surface area contributed by atoms with E-state index in [9.17, 15) is 9.18 Å². The van der Waals surface area contributed by atoms with Gasteiger partial charge in [-0.05, 0) is 25.1 Å². The van der Waals surface area contributed by atoms with Gasteiger partial charge >= 0.3 is 6.09 Å². The predicted molar refractivity (Wildman–Crippen MR) is 106 cm³/mol. The number of piperidine rings is 1. The zero-order valence-electron chi connectivity index (χ0n) is 15.8.